The first-order chi connectivity index (χ1) is 13.4. The number of fused-ring (bicyclic) bond motifs is 1. The number of aromatic nitrogens is 1. The van der Waals surface area contributed by atoms with E-state index < -0.39 is 5.97 Å². The molecule has 1 aromatic heterocycles. The highest BCUT2D eigenvalue weighted by molar-refractivity contribution is 5.97. The van der Waals surface area contributed by atoms with Gasteiger partial charge in [-0.1, -0.05) is 32.0 Å². The van der Waals surface area contributed by atoms with Crippen LogP contribution < -0.4 is 14.2 Å². The second-order valence-corrected chi connectivity index (χ2v) is 6.86. The lowest BCUT2D eigenvalue weighted by Gasteiger charge is -2.16. The predicted molar refractivity (Wildman–Crippen MR) is 109 cm³/mol. The Hall–Kier alpha value is -3.15. The van der Waals surface area contributed by atoms with E-state index in [4.69, 9.17) is 14.2 Å². The summed E-state index contributed by atoms with van der Waals surface area (Å²) in [6.45, 7) is 4.23. The normalized spacial score (nSPS) is 11.1. The fourth-order valence-corrected chi connectivity index (χ4v) is 3.64. The quantitative estimate of drug-likeness (QED) is 0.623. The Morgan fingerprint density at radius 2 is 1.75 bits per heavy atom. The molecule has 3 aromatic rings. The van der Waals surface area contributed by atoms with E-state index in [2.05, 4.69) is 24.9 Å². The van der Waals surface area contributed by atoms with Gasteiger partial charge in [0.15, 0.2) is 11.5 Å². The average Bonchev–Trinajstić information content (AvgIpc) is 3.04. The zero-order valence-electron chi connectivity index (χ0n) is 16.8. The first kappa shape index (κ1) is 19.6. The highest BCUT2D eigenvalue weighted by Crippen LogP contribution is 2.46. The van der Waals surface area contributed by atoms with E-state index >= 15 is 0 Å². The number of nitrogens with one attached hydrogen (secondary N) is 1. The van der Waals surface area contributed by atoms with Crippen molar-refractivity contribution in [2.75, 3.05) is 21.3 Å². The smallest absolute Gasteiger partial charge is 0.307 e. The van der Waals surface area contributed by atoms with Gasteiger partial charge in [0.25, 0.3) is 0 Å². The Bertz CT molecular complexity index is 1020. The van der Waals surface area contributed by atoms with E-state index in [-0.39, 0.29) is 6.42 Å². The number of hydrogen-bond acceptors (Lipinski definition) is 4. The van der Waals surface area contributed by atoms with Crippen molar-refractivity contribution in [3.8, 4) is 28.5 Å². The number of para-hydroxylation sites is 1. The van der Waals surface area contributed by atoms with Gasteiger partial charge in [-0.3, -0.25) is 4.79 Å². The van der Waals surface area contributed by atoms with E-state index in [1.165, 1.54) is 0 Å². The van der Waals surface area contributed by atoms with Crippen LogP contribution >= 0.6 is 0 Å². The molecule has 6 nitrogen and oxygen atoms in total. The van der Waals surface area contributed by atoms with Crippen molar-refractivity contribution < 1.29 is 24.1 Å². The van der Waals surface area contributed by atoms with Crippen LogP contribution in [0.1, 0.15) is 30.9 Å². The van der Waals surface area contributed by atoms with E-state index in [0.29, 0.717) is 28.9 Å². The molecule has 0 aliphatic rings. The maximum atomic E-state index is 11.6. The summed E-state index contributed by atoms with van der Waals surface area (Å²) in [6.07, 6.45) is -0.103. The molecule has 0 radical (unpaired) electrons. The summed E-state index contributed by atoms with van der Waals surface area (Å²) in [5.74, 6) is 0.899. The van der Waals surface area contributed by atoms with Gasteiger partial charge in [-0.25, -0.2) is 0 Å². The van der Waals surface area contributed by atoms with Crippen LogP contribution in [0.5, 0.6) is 17.2 Å². The average molecular weight is 383 g/mol. The summed E-state index contributed by atoms with van der Waals surface area (Å²) in [6, 6.07) is 9.62. The third kappa shape index (κ3) is 3.26. The summed E-state index contributed by atoms with van der Waals surface area (Å²) >= 11 is 0. The number of aliphatic carboxylic acids is 1. The molecular weight excluding hydrogens is 358 g/mol. The minimum atomic E-state index is -0.892. The van der Waals surface area contributed by atoms with Crippen LogP contribution in [0.4, 0.5) is 0 Å². The van der Waals surface area contributed by atoms with Crippen molar-refractivity contribution in [2.45, 2.75) is 26.2 Å². The lowest BCUT2D eigenvalue weighted by Crippen LogP contribution is -2.02. The fraction of sp³-hybridized carbons (Fsp3) is 0.318. The highest BCUT2D eigenvalue weighted by Gasteiger charge is 2.24. The fourth-order valence-electron chi connectivity index (χ4n) is 3.64. The first-order valence-corrected chi connectivity index (χ1v) is 9.07. The van der Waals surface area contributed by atoms with Crippen LogP contribution in [0, 0.1) is 0 Å². The Morgan fingerprint density at radius 1 is 1.04 bits per heavy atom. The maximum Gasteiger partial charge on any atom is 0.307 e. The molecule has 0 spiro atoms. The van der Waals surface area contributed by atoms with Gasteiger partial charge < -0.3 is 24.3 Å². The second-order valence-electron chi connectivity index (χ2n) is 6.86. The number of rotatable bonds is 7. The number of carboxylic acids is 1. The molecule has 0 aliphatic carbocycles. The molecule has 28 heavy (non-hydrogen) atoms. The monoisotopic (exact) mass is 383 g/mol. The predicted octanol–water partition coefficient (Wildman–Crippen LogP) is 4.61. The first-order valence-electron chi connectivity index (χ1n) is 9.07. The maximum absolute atomic E-state index is 11.6. The molecule has 0 amide bonds. The topological polar surface area (TPSA) is 80.8 Å². The highest BCUT2D eigenvalue weighted by atomic mass is 16.5. The van der Waals surface area contributed by atoms with Crippen LogP contribution in [0.25, 0.3) is 22.2 Å². The van der Waals surface area contributed by atoms with Crippen LogP contribution in [0.2, 0.25) is 0 Å². The van der Waals surface area contributed by atoms with Crippen LogP contribution in [-0.4, -0.2) is 37.4 Å². The van der Waals surface area contributed by atoms with Crippen molar-refractivity contribution in [1.82, 2.24) is 4.98 Å². The molecule has 0 aliphatic heterocycles. The second kappa shape index (κ2) is 7.84. The Labute approximate surface area is 164 Å². The van der Waals surface area contributed by atoms with E-state index in [0.717, 1.165) is 27.6 Å². The lowest BCUT2D eigenvalue weighted by atomic mass is 9.97. The van der Waals surface area contributed by atoms with Crippen molar-refractivity contribution in [3.05, 3.63) is 41.5 Å². The molecule has 3 rings (SSSR count). The Morgan fingerprint density at radius 3 is 2.32 bits per heavy atom. The van der Waals surface area contributed by atoms with Crippen LogP contribution in [-0.2, 0) is 11.2 Å². The summed E-state index contributed by atoms with van der Waals surface area (Å²) in [7, 11) is 4.66. The number of benzene rings is 2. The van der Waals surface area contributed by atoms with Gasteiger partial charge in [0.05, 0.1) is 33.4 Å². The van der Waals surface area contributed by atoms with E-state index in [1.807, 2.05) is 18.2 Å². The standard InChI is InChI=1S/C22H25NO5/c1-12(2)13-7-6-8-14-16(11-18(24)25)20(23-19(13)14)15-9-10-17(26-3)22(28-5)21(15)27-4/h6-10,12,23H,11H2,1-5H3,(H,24,25). The van der Waals surface area contributed by atoms with Crippen molar-refractivity contribution in [2.24, 2.45) is 0 Å². The molecule has 0 fully saturated rings. The summed E-state index contributed by atoms with van der Waals surface area (Å²) in [5.41, 5.74) is 4.23. The molecule has 6 heteroatoms. The van der Waals surface area contributed by atoms with E-state index in [9.17, 15) is 9.90 Å². The van der Waals surface area contributed by atoms with Gasteiger partial charge in [-0.2, -0.15) is 0 Å². The Kier molecular flexibility index (Phi) is 5.49. The summed E-state index contributed by atoms with van der Waals surface area (Å²) < 4.78 is 16.5. The molecule has 0 saturated heterocycles. The Balaban J connectivity index is 2.37. The molecule has 0 saturated carbocycles. The molecule has 0 bridgehead atoms. The largest absolute Gasteiger partial charge is 0.493 e. The summed E-state index contributed by atoms with van der Waals surface area (Å²) in [4.78, 5) is 15.1. The number of carbonyl (C=O) groups is 1. The zero-order chi connectivity index (χ0) is 20.4. The van der Waals surface area contributed by atoms with Crippen molar-refractivity contribution in [3.63, 3.8) is 0 Å². The van der Waals surface area contributed by atoms with Gasteiger partial charge >= 0.3 is 5.97 Å². The molecule has 148 valence electrons. The number of ether oxygens (including phenoxy) is 3. The minimum absolute atomic E-state index is 0.103. The third-order valence-electron chi connectivity index (χ3n) is 4.90. The van der Waals surface area contributed by atoms with Crippen LogP contribution in [0.15, 0.2) is 30.3 Å². The van der Waals surface area contributed by atoms with Gasteiger partial charge in [-0.15, -0.1) is 0 Å². The molecule has 2 aromatic carbocycles. The number of methoxy groups -OCH3 is 3. The molecule has 1 heterocycles. The number of hydrogen-bond donors (Lipinski definition) is 2. The molecular formula is C22H25NO5. The van der Waals surface area contributed by atoms with Gasteiger partial charge in [-0.05, 0) is 29.2 Å². The minimum Gasteiger partial charge on any atom is -0.493 e. The van der Waals surface area contributed by atoms with Gasteiger partial charge in [0, 0.05) is 16.5 Å². The number of H-pyrrole nitrogens is 1. The van der Waals surface area contributed by atoms with Crippen LogP contribution in [0.3, 0.4) is 0 Å². The molecule has 0 unspecified atom stereocenters. The van der Waals surface area contributed by atoms with Gasteiger partial charge in [0.1, 0.15) is 0 Å². The van der Waals surface area contributed by atoms with E-state index in [1.54, 1.807) is 27.4 Å². The zero-order valence-corrected chi connectivity index (χ0v) is 16.8. The SMILES string of the molecule is COc1ccc(-c2[nH]c3c(C(C)C)cccc3c2CC(=O)O)c(OC)c1OC. The molecule has 0 atom stereocenters. The van der Waals surface area contributed by atoms with Crippen molar-refractivity contribution >= 4 is 16.9 Å². The van der Waals surface area contributed by atoms with Crippen molar-refractivity contribution in [1.29, 1.82) is 0 Å². The number of aromatic amines is 1. The summed E-state index contributed by atoms with van der Waals surface area (Å²) in [5, 5.41) is 10.4. The lowest BCUT2D eigenvalue weighted by molar-refractivity contribution is -0.136. The van der Waals surface area contributed by atoms with Gasteiger partial charge in [0.2, 0.25) is 5.75 Å². The third-order valence-corrected chi connectivity index (χ3v) is 4.90. The number of carboxylic acid groups (broad SMARTS) is 1. The molecule has 2 N–H and O–H groups in total.